The Labute approximate surface area is 93.7 Å². The van der Waals surface area contributed by atoms with Crippen molar-refractivity contribution in [1.82, 2.24) is 4.90 Å². The lowest BCUT2D eigenvalue weighted by Crippen LogP contribution is -2.52. The standard InChI is InChI=1S/C13H25NO/c1-13(2)8-9-14(10-12(13)15)11-6-4-3-5-7-11/h11-12,15H,3-10H2,1-2H3. The van der Waals surface area contributed by atoms with E-state index in [9.17, 15) is 5.11 Å². The number of hydrogen-bond acceptors (Lipinski definition) is 2. The van der Waals surface area contributed by atoms with Crippen LogP contribution in [-0.2, 0) is 0 Å². The highest BCUT2D eigenvalue weighted by Crippen LogP contribution is 2.33. The Hall–Kier alpha value is -0.0800. The van der Waals surface area contributed by atoms with Crippen molar-refractivity contribution in [1.29, 1.82) is 0 Å². The lowest BCUT2D eigenvalue weighted by molar-refractivity contribution is -0.0436. The van der Waals surface area contributed by atoms with Crippen LogP contribution in [0.25, 0.3) is 0 Å². The molecule has 15 heavy (non-hydrogen) atoms. The first kappa shape index (κ1) is 11.4. The van der Waals surface area contributed by atoms with Crippen molar-refractivity contribution in [3.8, 4) is 0 Å². The highest BCUT2D eigenvalue weighted by Gasteiger charge is 2.36. The van der Waals surface area contributed by atoms with Gasteiger partial charge in [-0.25, -0.2) is 0 Å². The molecule has 0 radical (unpaired) electrons. The molecule has 1 heterocycles. The molecule has 2 rings (SSSR count). The van der Waals surface area contributed by atoms with E-state index in [4.69, 9.17) is 0 Å². The summed E-state index contributed by atoms with van der Waals surface area (Å²) in [7, 11) is 0. The molecule has 2 heteroatoms. The number of likely N-dealkylation sites (tertiary alicyclic amines) is 1. The topological polar surface area (TPSA) is 23.5 Å². The number of β-amino-alcohol motifs (C(OH)–C–C–N with tert-alkyl or cyclic N) is 1. The fraction of sp³-hybridized carbons (Fsp3) is 1.00. The highest BCUT2D eigenvalue weighted by atomic mass is 16.3. The van der Waals surface area contributed by atoms with E-state index in [1.807, 2.05) is 0 Å². The summed E-state index contributed by atoms with van der Waals surface area (Å²) in [5.41, 5.74) is 0.130. The molecule has 0 spiro atoms. The summed E-state index contributed by atoms with van der Waals surface area (Å²) in [5.74, 6) is 0. The monoisotopic (exact) mass is 211 g/mol. The average molecular weight is 211 g/mol. The van der Waals surface area contributed by atoms with Gasteiger partial charge in [0.25, 0.3) is 0 Å². The fourth-order valence-corrected chi connectivity index (χ4v) is 2.94. The van der Waals surface area contributed by atoms with Crippen LogP contribution in [-0.4, -0.2) is 35.2 Å². The van der Waals surface area contributed by atoms with Gasteiger partial charge in [0.15, 0.2) is 0 Å². The highest BCUT2D eigenvalue weighted by molar-refractivity contribution is 4.89. The van der Waals surface area contributed by atoms with Gasteiger partial charge < -0.3 is 5.11 Å². The van der Waals surface area contributed by atoms with Crippen LogP contribution in [0.15, 0.2) is 0 Å². The predicted molar refractivity (Wildman–Crippen MR) is 62.9 cm³/mol. The van der Waals surface area contributed by atoms with E-state index >= 15 is 0 Å². The molecule has 0 aromatic carbocycles. The molecule has 1 N–H and O–H groups in total. The van der Waals surface area contributed by atoms with Crippen molar-refractivity contribution in [3.63, 3.8) is 0 Å². The van der Waals surface area contributed by atoms with Crippen molar-refractivity contribution in [3.05, 3.63) is 0 Å². The van der Waals surface area contributed by atoms with Crippen LogP contribution in [0.4, 0.5) is 0 Å². The van der Waals surface area contributed by atoms with E-state index in [1.165, 1.54) is 38.6 Å². The quantitative estimate of drug-likeness (QED) is 0.720. The Morgan fingerprint density at radius 3 is 2.40 bits per heavy atom. The first-order valence-electron chi connectivity index (χ1n) is 6.52. The van der Waals surface area contributed by atoms with Gasteiger partial charge >= 0.3 is 0 Å². The number of rotatable bonds is 1. The van der Waals surface area contributed by atoms with E-state index in [-0.39, 0.29) is 11.5 Å². The summed E-state index contributed by atoms with van der Waals surface area (Å²) >= 11 is 0. The summed E-state index contributed by atoms with van der Waals surface area (Å²) in [6.45, 7) is 6.47. The summed E-state index contributed by atoms with van der Waals surface area (Å²) in [5, 5.41) is 10.1. The van der Waals surface area contributed by atoms with Crippen LogP contribution in [0.3, 0.4) is 0 Å². The third kappa shape index (κ3) is 2.54. The summed E-state index contributed by atoms with van der Waals surface area (Å²) in [6, 6.07) is 0.768. The van der Waals surface area contributed by atoms with Gasteiger partial charge in [-0.15, -0.1) is 0 Å². The van der Waals surface area contributed by atoms with Gasteiger partial charge in [-0.05, 0) is 31.2 Å². The number of nitrogens with zero attached hydrogens (tertiary/aromatic N) is 1. The van der Waals surface area contributed by atoms with Gasteiger partial charge in [-0.3, -0.25) is 4.90 Å². The third-order valence-electron chi connectivity index (χ3n) is 4.44. The number of piperidine rings is 1. The minimum Gasteiger partial charge on any atom is -0.391 e. The minimum absolute atomic E-state index is 0.130. The zero-order chi connectivity index (χ0) is 10.9. The van der Waals surface area contributed by atoms with Crippen molar-refractivity contribution < 1.29 is 5.11 Å². The Kier molecular flexibility index (Phi) is 3.36. The zero-order valence-corrected chi connectivity index (χ0v) is 10.2. The molecule has 1 saturated heterocycles. The molecule has 0 amide bonds. The van der Waals surface area contributed by atoms with Crippen LogP contribution < -0.4 is 0 Å². The maximum atomic E-state index is 10.1. The molecule has 2 aliphatic rings. The molecule has 1 unspecified atom stereocenters. The molecular weight excluding hydrogens is 186 g/mol. The van der Waals surface area contributed by atoms with Gasteiger partial charge in [-0.2, -0.15) is 0 Å². The van der Waals surface area contributed by atoms with Crippen LogP contribution in [0.2, 0.25) is 0 Å². The maximum Gasteiger partial charge on any atom is 0.0718 e. The molecule has 1 atom stereocenters. The Balaban J connectivity index is 1.90. The average Bonchev–Trinajstić information content (AvgIpc) is 2.23. The molecule has 1 saturated carbocycles. The van der Waals surface area contributed by atoms with Gasteiger partial charge in [0, 0.05) is 12.6 Å². The van der Waals surface area contributed by atoms with Gasteiger partial charge in [-0.1, -0.05) is 33.1 Å². The van der Waals surface area contributed by atoms with E-state index in [2.05, 4.69) is 18.7 Å². The summed E-state index contributed by atoms with van der Waals surface area (Å²) in [4.78, 5) is 2.54. The summed E-state index contributed by atoms with van der Waals surface area (Å²) in [6.07, 6.45) is 7.91. The molecular formula is C13H25NO. The molecule has 0 bridgehead atoms. The first-order chi connectivity index (χ1) is 7.09. The van der Waals surface area contributed by atoms with E-state index in [1.54, 1.807) is 0 Å². The second kappa shape index (κ2) is 4.42. The van der Waals surface area contributed by atoms with E-state index in [0.29, 0.717) is 0 Å². The van der Waals surface area contributed by atoms with Gasteiger partial charge in [0.2, 0.25) is 0 Å². The predicted octanol–water partition coefficient (Wildman–Crippen LogP) is 2.41. The van der Waals surface area contributed by atoms with E-state index < -0.39 is 0 Å². The number of aliphatic hydroxyl groups excluding tert-OH is 1. The number of aliphatic hydroxyl groups is 1. The molecule has 1 aliphatic carbocycles. The third-order valence-corrected chi connectivity index (χ3v) is 4.44. The maximum absolute atomic E-state index is 10.1. The normalized spacial score (nSPS) is 34.2. The van der Waals surface area contributed by atoms with Gasteiger partial charge in [0.1, 0.15) is 0 Å². The molecule has 2 nitrogen and oxygen atoms in total. The lowest BCUT2D eigenvalue weighted by atomic mass is 9.79. The Morgan fingerprint density at radius 2 is 1.80 bits per heavy atom. The molecule has 1 aliphatic heterocycles. The van der Waals surface area contributed by atoms with Crippen LogP contribution in [0, 0.1) is 5.41 Å². The largest absolute Gasteiger partial charge is 0.391 e. The number of hydrogen-bond donors (Lipinski definition) is 1. The second-order valence-corrected chi connectivity index (χ2v) is 6.04. The lowest BCUT2D eigenvalue weighted by Gasteiger charge is -2.45. The zero-order valence-electron chi connectivity index (χ0n) is 10.2. The second-order valence-electron chi connectivity index (χ2n) is 6.04. The SMILES string of the molecule is CC1(C)CCN(C2CCCCC2)CC1O. The van der Waals surface area contributed by atoms with Crippen LogP contribution >= 0.6 is 0 Å². The Morgan fingerprint density at radius 1 is 1.13 bits per heavy atom. The Bertz CT molecular complexity index is 209. The smallest absolute Gasteiger partial charge is 0.0718 e. The molecule has 0 aromatic heterocycles. The first-order valence-corrected chi connectivity index (χ1v) is 6.52. The molecule has 88 valence electrons. The van der Waals surface area contributed by atoms with Crippen LogP contribution in [0.5, 0.6) is 0 Å². The summed E-state index contributed by atoms with van der Waals surface area (Å²) < 4.78 is 0. The van der Waals surface area contributed by atoms with Crippen molar-refractivity contribution in [2.45, 2.75) is 64.5 Å². The fourth-order valence-electron chi connectivity index (χ4n) is 2.94. The van der Waals surface area contributed by atoms with Crippen molar-refractivity contribution >= 4 is 0 Å². The molecule has 0 aromatic rings. The molecule has 2 fully saturated rings. The van der Waals surface area contributed by atoms with Crippen molar-refractivity contribution in [2.24, 2.45) is 5.41 Å². The van der Waals surface area contributed by atoms with Gasteiger partial charge in [0.05, 0.1) is 6.10 Å². The van der Waals surface area contributed by atoms with Crippen LogP contribution in [0.1, 0.15) is 52.4 Å². The van der Waals surface area contributed by atoms with Crippen molar-refractivity contribution in [2.75, 3.05) is 13.1 Å². The minimum atomic E-state index is -0.131. The van der Waals surface area contributed by atoms with E-state index in [0.717, 1.165) is 19.0 Å².